The van der Waals surface area contributed by atoms with Crippen molar-refractivity contribution >= 4 is 22.7 Å². The number of imidazole rings is 1. The predicted molar refractivity (Wildman–Crippen MR) is 90.7 cm³/mol. The third-order valence-corrected chi connectivity index (χ3v) is 4.39. The summed E-state index contributed by atoms with van der Waals surface area (Å²) in [5.41, 5.74) is 3.06. The fourth-order valence-corrected chi connectivity index (χ4v) is 3.08. The Morgan fingerprint density at radius 3 is 3.00 bits per heavy atom. The molecule has 23 heavy (non-hydrogen) atoms. The van der Waals surface area contributed by atoms with Crippen LogP contribution in [0.15, 0.2) is 18.2 Å². The zero-order chi connectivity index (χ0) is 16.4. The van der Waals surface area contributed by atoms with Gasteiger partial charge in [-0.1, -0.05) is 0 Å². The second-order valence-corrected chi connectivity index (χ2v) is 6.22. The summed E-state index contributed by atoms with van der Waals surface area (Å²) in [6.07, 6.45) is 1.37. The van der Waals surface area contributed by atoms with Crippen LogP contribution in [0.4, 0.5) is 5.69 Å². The highest BCUT2D eigenvalue weighted by molar-refractivity contribution is 5.81. The molecule has 1 aliphatic heterocycles. The fraction of sp³-hybridized carbons (Fsp3) is 0.529. The molecule has 6 nitrogen and oxygen atoms in total. The van der Waals surface area contributed by atoms with E-state index in [1.54, 1.807) is 6.92 Å². The highest BCUT2D eigenvalue weighted by Gasteiger charge is 2.24. The highest BCUT2D eigenvalue weighted by Crippen LogP contribution is 2.25. The molecular formula is C17H24N4O2. The molecule has 0 aliphatic carbocycles. The van der Waals surface area contributed by atoms with Gasteiger partial charge in [0.2, 0.25) is 0 Å². The van der Waals surface area contributed by atoms with Crippen molar-refractivity contribution in [1.82, 2.24) is 14.9 Å². The first-order valence-electron chi connectivity index (χ1n) is 8.12. The molecule has 0 radical (unpaired) electrons. The molecule has 1 aliphatic rings. The Balaban J connectivity index is 1.76. The summed E-state index contributed by atoms with van der Waals surface area (Å²) in [6, 6.07) is 6.84. The van der Waals surface area contributed by atoms with Gasteiger partial charge in [0.15, 0.2) is 0 Å². The van der Waals surface area contributed by atoms with Crippen LogP contribution in [0.3, 0.4) is 0 Å². The molecule has 0 unspecified atom stereocenters. The minimum absolute atomic E-state index is 0.185. The van der Waals surface area contributed by atoms with Gasteiger partial charge in [0, 0.05) is 24.8 Å². The number of carbonyl (C=O) groups excluding carboxylic acids is 1. The average Bonchev–Trinajstić information content (AvgIpc) is 3.12. The van der Waals surface area contributed by atoms with Crippen molar-refractivity contribution in [2.45, 2.75) is 25.8 Å². The summed E-state index contributed by atoms with van der Waals surface area (Å²) in [6.45, 7) is 4.31. The largest absolute Gasteiger partial charge is 0.466 e. The van der Waals surface area contributed by atoms with Crippen LogP contribution < -0.4 is 4.90 Å². The van der Waals surface area contributed by atoms with Crippen molar-refractivity contribution in [3.63, 3.8) is 0 Å². The lowest BCUT2D eigenvalue weighted by atomic mass is 10.2. The van der Waals surface area contributed by atoms with Gasteiger partial charge in [-0.25, -0.2) is 4.98 Å². The van der Waals surface area contributed by atoms with Crippen molar-refractivity contribution in [2.24, 2.45) is 0 Å². The molecule has 124 valence electrons. The third kappa shape index (κ3) is 3.47. The van der Waals surface area contributed by atoms with Gasteiger partial charge in [0.05, 0.1) is 17.6 Å². The molecule has 1 aromatic carbocycles. The molecule has 2 aromatic rings. The standard InChI is InChI=1S/C17H24N4O2/c1-4-23-17(22)10-16-18-14-6-5-12(9-15(14)19-16)21-8-7-13(11-21)20(2)3/h5-6,9,13H,4,7-8,10-11H2,1-3H3,(H,18,19)/t13-/m0/s1. The van der Waals surface area contributed by atoms with Crippen LogP contribution in [0, 0.1) is 0 Å². The Hall–Kier alpha value is -2.08. The number of fused-ring (bicyclic) bond motifs is 1. The maximum absolute atomic E-state index is 11.6. The van der Waals surface area contributed by atoms with Crippen molar-refractivity contribution in [3.8, 4) is 0 Å². The molecule has 0 bridgehead atoms. The molecule has 1 aromatic heterocycles. The zero-order valence-electron chi connectivity index (χ0n) is 14.0. The SMILES string of the molecule is CCOC(=O)Cc1nc2ccc(N3CC[C@H](N(C)C)C3)cc2[nH]1. The van der Waals surface area contributed by atoms with E-state index in [2.05, 4.69) is 46.0 Å². The number of esters is 1. The maximum Gasteiger partial charge on any atom is 0.313 e. The number of ether oxygens (including phenoxy) is 1. The van der Waals surface area contributed by atoms with E-state index in [9.17, 15) is 4.79 Å². The number of hydrogen-bond donors (Lipinski definition) is 1. The molecule has 6 heteroatoms. The van der Waals surface area contributed by atoms with Crippen LogP contribution in [0.2, 0.25) is 0 Å². The summed E-state index contributed by atoms with van der Waals surface area (Å²) in [7, 11) is 4.27. The lowest BCUT2D eigenvalue weighted by Crippen LogP contribution is -2.31. The Bertz CT molecular complexity index is 695. The zero-order valence-corrected chi connectivity index (χ0v) is 14.0. The first-order valence-corrected chi connectivity index (χ1v) is 8.12. The third-order valence-electron chi connectivity index (χ3n) is 4.39. The second kappa shape index (κ2) is 6.58. The predicted octanol–water partition coefficient (Wildman–Crippen LogP) is 1.81. The number of nitrogens with zero attached hydrogens (tertiary/aromatic N) is 3. The highest BCUT2D eigenvalue weighted by atomic mass is 16.5. The molecule has 0 spiro atoms. The van der Waals surface area contributed by atoms with Gasteiger partial charge in [0.1, 0.15) is 12.2 Å². The minimum Gasteiger partial charge on any atom is -0.466 e. The van der Waals surface area contributed by atoms with Gasteiger partial charge in [-0.2, -0.15) is 0 Å². The molecule has 1 saturated heterocycles. The first-order chi connectivity index (χ1) is 11.1. The first kappa shape index (κ1) is 15.8. The van der Waals surface area contributed by atoms with Gasteiger partial charge in [-0.05, 0) is 45.6 Å². The maximum atomic E-state index is 11.6. The monoisotopic (exact) mass is 316 g/mol. The molecule has 1 fully saturated rings. The van der Waals surface area contributed by atoms with E-state index in [0.29, 0.717) is 18.5 Å². The molecular weight excluding hydrogens is 292 g/mol. The van der Waals surface area contributed by atoms with Crippen molar-refractivity contribution in [1.29, 1.82) is 0 Å². The van der Waals surface area contributed by atoms with Crippen molar-refractivity contribution in [3.05, 3.63) is 24.0 Å². The van der Waals surface area contributed by atoms with Gasteiger partial charge in [0.25, 0.3) is 0 Å². The summed E-state index contributed by atoms with van der Waals surface area (Å²) in [4.78, 5) is 23.9. The summed E-state index contributed by atoms with van der Waals surface area (Å²) in [5.74, 6) is 0.406. The van der Waals surface area contributed by atoms with E-state index in [4.69, 9.17) is 4.74 Å². The number of nitrogens with one attached hydrogen (secondary N) is 1. The van der Waals surface area contributed by atoms with E-state index < -0.39 is 0 Å². The Morgan fingerprint density at radius 1 is 1.48 bits per heavy atom. The number of aromatic amines is 1. The number of H-pyrrole nitrogens is 1. The number of aromatic nitrogens is 2. The van der Waals surface area contributed by atoms with E-state index in [1.807, 2.05) is 6.07 Å². The Morgan fingerprint density at radius 2 is 2.30 bits per heavy atom. The summed E-state index contributed by atoms with van der Waals surface area (Å²) >= 11 is 0. The topological polar surface area (TPSA) is 61.5 Å². The van der Waals surface area contributed by atoms with Crippen LogP contribution in [0.25, 0.3) is 11.0 Å². The molecule has 2 heterocycles. The van der Waals surface area contributed by atoms with Crippen LogP contribution in [-0.2, 0) is 16.0 Å². The average molecular weight is 316 g/mol. The van der Waals surface area contributed by atoms with E-state index >= 15 is 0 Å². The Labute approximate surface area is 136 Å². The normalized spacial score (nSPS) is 18.1. The van der Waals surface area contributed by atoms with E-state index in [-0.39, 0.29) is 12.4 Å². The number of carbonyl (C=O) groups is 1. The van der Waals surface area contributed by atoms with E-state index in [1.165, 1.54) is 12.1 Å². The second-order valence-electron chi connectivity index (χ2n) is 6.22. The van der Waals surface area contributed by atoms with Gasteiger partial charge in [-0.15, -0.1) is 0 Å². The van der Waals surface area contributed by atoms with Crippen molar-refractivity contribution in [2.75, 3.05) is 38.7 Å². The number of anilines is 1. The summed E-state index contributed by atoms with van der Waals surface area (Å²) < 4.78 is 4.97. The van der Waals surface area contributed by atoms with Crippen LogP contribution >= 0.6 is 0 Å². The minimum atomic E-state index is -0.250. The Kier molecular flexibility index (Phi) is 4.52. The number of likely N-dealkylation sites (N-methyl/N-ethyl adjacent to an activating group) is 1. The molecule has 0 saturated carbocycles. The fourth-order valence-electron chi connectivity index (χ4n) is 3.08. The molecule has 1 N–H and O–H groups in total. The van der Waals surface area contributed by atoms with Crippen LogP contribution in [0.5, 0.6) is 0 Å². The smallest absolute Gasteiger partial charge is 0.313 e. The van der Waals surface area contributed by atoms with Gasteiger partial charge >= 0.3 is 5.97 Å². The van der Waals surface area contributed by atoms with Crippen LogP contribution in [0.1, 0.15) is 19.2 Å². The lowest BCUT2D eigenvalue weighted by Gasteiger charge is -2.21. The summed E-state index contributed by atoms with van der Waals surface area (Å²) in [5, 5.41) is 0. The quantitative estimate of drug-likeness (QED) is 0.853. The van der Waals surface area contributed by atoms with E-state index in [0.717, 1.165) is 24.1 Å². The number of rotatable bonds is 5. The van der Waals surface area contributed by atoms with Gasteiger partial charge in [-0.3, -0.25) is 4.79 Å². The van der Waals surface area contributed by atoms with Gasteiger partial charge < -0.3 is 19.5 Å². The van der Waals surface area contributed by atoms with Crippen molar-refractivity contribution < 1.29 is 9.53 Å². The lowest BCUT2D eigenvalue weighted by molar-refractivity contribution is -0.142. The molecule has 3 rings (SSSR count). The number of benzene rings is 1. The molecule has 1 atom stereocenters. The van der Waals surface area contributed by atoms with Crippen LogP contribution in [-0.4, -0.2) is 60.7 Å². The number of hydrogen-bond acceptors (Lipinski definition) is 5. The molecule has 0 amide bonds.